The first kappa shape index (κ1) is 14.5. The minimum atomic E-state index is -0.307. The summed E-state index contributed by atoms with van der Waals surface area (Å²) in [6.07, 6.45) is 1.31. The Bertz CT molecular complexity index is 632. The Balaban J connectivity index is 2.17. The number of hydrogen-bond donors (Lipinski definition) is 1. The van der Waals surface area contributed by atoms with Crippen LogP contribution in [-0.2, 0) is 0 Å². The summed E-state index contributed by atoms with van der Waals surface area (Å²) in [4.78, 5) is 20.0. The molecule has 0 unspecified atom stereocenters. The fourth-order valence-corrected chi connectivity index (χ4v) is 2.19. The van der Waals surface area contributed by atoms with E-state index >= 15 is 0 Å². The van der Waals surface area contributed by atoms with E-state index in [1.807, 2.05) is 32.0 Å². The number of aromatic nitrogens is 2. The van der Waals surface area contributed by atoms with Crippen molar-refractivity contribution >= 4 is 27.5 Å². The van der Waals surface area contributed by atoms with Gasteiger partial charge in [-0.05, 0) is 47.5 Å². The van der Waals surface area contributed by atoms with Gasteiger partial charge in [-0.2, -0.15) is 0 Å². The van der Waals surface area contributed by atoms with Gasteiger partial charge < -0.3 is 10.1 Å². The molecule has 0 aliphatic rings. The van der Waals surface area contributed by atoms with E-state index in [-0.39, 0.29) is 11.6 Å². The van der Waals surface area contributed by atoms with Crippen LogP contribution in [0.25, 0.3) is 0 Å². The molecule has 104 valence electrons. The Labute approximate surface area is 125 Å². The Hall–Kier alpha value is -1.95. The zero-order valence-corrected chi connectivity index (χ0v) is 12.8. The number of carbonyl (C=O) groups is 1. The minimum absolute atomic E-state index is 0.260. The number of benzene rings is 1. The van der Waals surface area contributed by atoms with Crippen LogP contribution in [0.1, 0.15) is 23.0 Å². The summed E-state index contributed by atoms with van der Waals surface area (Å²) in [6.45, 7) is 4.32. The van der Waals surface area contributed by atoms with E-state index in [0.29, 0.717) is 18.2 Å². The van der Waals surface area contributed by atoms with Gasteiger partial charge in [0, 0.05) is 10.5 Å². The molecule has 0 saturated heterocycles. The fourth-order valence-electron chi connectivity index (χ4n) is 1.60. The maximum atomic E-state index is 12.1. The topological polar surface area (TPSA) is 64.1 Å². The molecule has 0 radical (unpaired) electrons. The molecular weight excluding hydrogens is 322 g/mol. The third kappa shape index (κ3) is 3.54. The number of nitrogens with zero attached hydrogens (tertiary/aromatic N) is 2. The number of amides is 1. The van der Waals surface area contributed by atoms with Crippen molar-refractivity contribution in [2.75, 3.05) is 11.9 Å². The molecule has 0 aliphatic carbocycles. The lowest BCUT2D eigenvalue weighted by molar-refractivity contribution is 0.102. The molecule has 2 aromatic rings. The summed E-state index contributed by atoms with van der Waals surface area (Å²) in [6, 6.07) is 7.20. The molecule has 1 N–H and O–H groups in total. The lowest BCUT2D eigenvalue weighted by atomic mass is 10.2. The van der Waals surface area contributed by atoms with Crippen molar-refractivity contribution in [3.05, 3.63) is 46.3 Å². The quantitative estimate of drug-likeness (QED) is 0.931. The molecule has 20 heavy (non-hydrogen) atoms. The monoisotopic (exact) mass is 335 g/mol. The van der Waals surface area contributed by atoms with Crippen molar-refractivity contribution in [3.8, 4) is 5.88 Å². The van der Waals surface area contributed by atoms with Gasteiger partial charge in [0.05, 0.1) is 12.3 Å². The average Bonchev–Trinajstić information content (AvgIpc) is 2.42. The molecule has 0 spiro atoms. The lowest BCUT2D eigenvalue weighted by Crippen LogP contribution is -2.14. The zero-order valence-electron chi connectivity index (χ0n) is 11.2. The van der Waals surface area contributed by atoms with E-state index in [9.17, 15) is 4.79 Å². The van der Waals surface area contributed by atoms with Gasteiger partial charge in [-0.15, -0.1) is 0 Å². The van der Waals surface area contributed by atoms with Gasteiger partial charge >= 0.3 is 0 Å². The highest BCUT2D eigenvalue weighted by Crippen LogP contribution is 2.23. The van der Waals surface area contributed by atoms with Crippen molar-refractivity contribution in [2.24, 2.45) is 0 Å². The molecule has 2 rings (SSSR count). The van der Waals surface area contributed by atoms with Gasteiger partial charge in [0.2, 0.25) is 5.88 Å². The van der Waals surface area contributed by atoms with Gasteiger partial charge in [-0.25, -0.2) is 9.97 Å². The largest absolute Gasteiger partial charge is 0.478 e. The number of carbonyl (C=O) groups excluding carboxylic acids is 1. The molecule has 0 saturated carbocycles. The van der Waals surface area contributed by atoms with E-state index < -0.39 is 0 Å². The predicted molar refractivity (Wildman–Crippen MR) is 80.0 cm³/mol. The van der Waals surface area contributed by atoms with Crippen LogP contribution in [0.3, 0.4) is 0 Å². The number of nitrogens with one attached hydrogen (secondary N) is 1. The summed E-state index contributed by atoms with van der Waals surface area (Å²) in [5, 5.41) is 2.79. The second-order valence-corrected chi connectivity index (χ2v) is 4.97. The number of hydrogen-bond acceptors (Lipinski definition) is 4. The Morgan fingerprint density at radius 1 is 1.35 bits per heavy atom. The molecule has 0 aliphatic heterocycles. The fraction of sp³-hybridized carbons (Fsp3) is 0.214. The van der Waals surface area contributed by atoms with E-state index in [2.05, 4.69) is 31.2 Å². The smallest absolute Gasteiger partial charge is 0.274 e. The molecule has 0 fully saturated rings. The SMILES string of the molecule is CCOc1cc(C(=O)Nc2ccc(C)cc2Br)ncn1. The third-order valence-electron chi connectivity index (χ3n) is 2.54. The Kier molecular flexibility index (Phi) is 4.68. The van der Waals surface area contributed by atoms with Crippen molar-refractivity contribution in [3.63, 3.8) is 0 Å². The van der Waals surface area contributed by atoms with Crippen LogP contribution < -0.4 is 10.1 Å². The maximum absolute atomic E-state index is 12.1. The lowest BCUT2D eigenvalue weighted by Gasteiger charge is -2.08. The number of ether oxygens (including phenoxy) is 1. The molecule has 5 nitrogen and oxygen atoms in total. The molecule has 0 atom stereocenters. The minimum Gasteiger partial charge on any atom is -0.478 e. The molecule has 1 aromatic carbocycles. The first-order chi connectivity index (χ1) is 9.60. The van der Waals surface area contributed by atoms with E-state index in [1.165, 1.54) is 12.4 Å². The molecule has 1 heterocycles. The van der Waals surface area contributed by atoms with Crippen LogP contribution >= 0.6 is 15.9 Å². The highest BCUT2D eigenvalue weighted by Gasteiger charge is 2.11. The van der Waals surface area contributed by atoms with Crippen LogP contribution in [0.15, 0.2) is 35.1 Å². The Morgan fingerprint density at radius 3 is 2.85 bits per heavy atom. The highest BCUT2D eigenvalue weighted by atomic mass is 79.9. The van der Waals surface area contributed by atoms with E-state index in [1.54, 1.807) is 0 Å². The zero-order chi connectivity index (χ0) is 14.5. The van der Waals surface area contributed by atoms with Gasteiger partial charge in [-0.1, -0.05) is 6.07 Å². The second kappa shape index (κ2) is 6.47. The molecular formula is C14H14BrN3O2. The Morgan fingerprint density at radius 2 is 2.15 bits per heavy atom. The van der Waals surface area contributed by atoms with Crippen molar-refractivity contribution < 1.29 is 9.53 Å². The van der Waals surface area contributed by atoms with Crippen molar-refractivity contribution in [1.29, 1.82) is 0 Å². The average molecular weight is 336 g/mol. The second-order valence-electron chi connectivity index (χ2n) is 4.11. The predicted octanol–water partition coefficient (Wildman–Crippen LogP) is 3.20. The van der Waals surface area contributed by atoms with Gasteiger partial charge in [0.15, 0.2) is 0 Å². The van der Waals surface area contributed by atoms with Gasteiger partial charge in [0.25, 0.3) is 5.91 Å². The van der Waals surface area contributed by atoms with Crippen LogP contribution in [0.2, 0.25) is 0 Å². The normalized spacial score (nSPS) is 10.2. The van der Waals surface area contributed by atoms with Crippen molar-refractivity contribution in [1.82, 2.24) is 9.97 Å². The molecule has 0 bridgehead atoms. The summed E-state index contributed by atoms with van der Waals surface area (Å²) >= 11 is 3.42. The first-order valence-electron chi connectivity index (χ1n) is 6.12. The van der Waals surface area contributed by atoms with Gasteiger partial charge in [-0.3, -0.25) is 4.79 Å². The summed E-state index contributed by atoms with van der Waals surface area (Å²) in [5.41, 5.74) is 2.06. The summed E-state index contributed by atoms with van der Waals surface area (Å²) < 4.78 is 6.07. The summed E-state index contributed by atoms with van der Waals surface area (Å²) in [5.74, 6) is 0.0773. The van der Waals surface area contributed by atoms with Gasteiger partial charge in [0.1, 0.15) is 12.0 Å². The van der Waals surface area contributed by atoms with Crippen LogP contribution in [-0.4, -0.2) is 22.5 Å². The number of halogens is 1. The van der Waals surface area contributed by atoms with Crippen LogP contribution in [0.5, 0.6) is 5.88 Å². The van der Waals surface area contributed by atoms with E-state index in [0.717, 1.165) is 10.0 Å². The first-order valence-corrected chi connectivity index (χ1v) is 6.92. The third-order valence-corrected chi connectivity index (χ3v) is 3.20. The van der Waals surface area contributed by atoms with E-state index in [4.69, 9.17) is 4.74 Å². The molecule has 6 heteroatoms. The summed E-state index contributed by atoms with van der Waals surface area (Å²) in [7, 11) is 0. The number of anilines is 1. The maximum Gasteiger partial charge on any atom is 0.274 e. The molecule has 1 amide bonds. The van der Waals surface area contributed by atoms with Crippen molar-refractivity contribution in [2.45, 2.75) is 13.8 Å². The highest BCUT2D eigenvalue weighted by molar-refractivity contribution is 9.10. The molecule has 1 aromatic heterocycles. The number of aryl methyl sites for hydroxylation is 1. The number of rotatable bonds is 4. The van der Waals surface area contributed by atoms with Crippen LogP contribution in [0, 0.1) is 6.92 Å². The standard InChI is InChI=1S/C14H14BrN3O2/c1-3-20-13-7-12(16-8-17-13)14(19)18-11-5-4-9(2)6-10(11)15/h4-8H,3H2,1-2H3,(H,18,19). The van der Waals surface area contributed by atoms with Crippen LogP contribution in [0.4, 0.5) is 5.69 Å².